The van der Waals surface area contributed by atoms with Crippen molar-refractivity contribution in [3.63, 3.8) is 0 Å². The molecule has 9 heteroatoms. The standard InChI is InChI=1S/C10H13BrF4N2O2/c1-6-8(11)7(16-17(6)2)3-19-5-10(14,15)9(12,13)4-18/h18H,3-5H2,1-2H3. The fraction of sp³-hybridized carbons (Fsp3) is 0.700. The summed E-state index contributed by atoms with van der Waals surface area (Å²) in [6.45, 7) is -2.02. The summed E-state index contributed by atoms with van der Waals surface area (Å²) in [6.07, 6.45) is 0. The first-order valence-electron chi connectivity index (χ1n) is 5.24. The SMILES string of the molecule is Cc1c(Br)c(COCC(F)(F)C(F)(F)CO)nn1C. The first-order chi connectivity index (χ1) is 8.62. The molecule has 0 saturated carbocycles. The highest BCUT2D eigenvalue weighted by Gasteiger charge is 2.55. The molecular weight excluding hydrogens is 336 g/mol. The molecule has 0 aliphatic heterocycles. The second-order valence-corrected chi connectivity index (χ2v) is 4.82. The lowest BCUT2D eigenvalue weighted by Crippen LogP contribution is -2.46. The van der Waals surface area contributed by atoms with E-state index in [1.54, 1.807) is 14.0 Å². The fourth-order valence-corrected chi connectivity index (χ4v) is 1.69. The fourth-order valence-electron chi connectivity index (χ4n) is 1.24. The van der Waals surface area contributed by atoms with Gasteiger partial charge < -0.3 is 9.84 Å². The van der Waals surface area contributed by atoms with E-state index in [4.69, 9.17) is 5.11 Å². The van der Waals surface area contributed by atoms with Crippen LogP contribution in [0.15, 0.2) is 4.47 Å². The van der Waals surface area contributed by atoms with Crippen molar-refractivity contribution < 1.29 is 27.4 Å². The molecule has 0 saturated heterocycles. The van der Waals surface area contributed by atoms with Crippen LogP contribution in [0.4, 0.5) is 17.6 Å². The number of aryl methyl sites for hydroxylation is 1. The highest BCUT2D eigenvalue weighted by atomic mass is 79.9. The molecule has 1 aromatic rings. The lowest BCUT2D eigenvalue weighted by atomic mass is 10.2. The minimum Gasteiger partial charge on any atom is -0.390 e. The second-order valence-electron chi connectivity index (χ2n) is 4.03. The molecule has 0 bridgehead atoms. The summed E-state index contributed by atoms with van der Waals surface area (Å²) in [7, 11) is 1.65. The Morgan fingerprint density at radius 2 is 1.89 bits per heavy atom. The quantitative estimate of drug-likeness (QED) is 0.802. The van der Waals surface area contributed by atoms with Gasteiger partial charge in [0.2, 0.25) is 0 Å². The molecule has 4 nitrogen and oxygen atoms in total. The van der Waals surface area contributed by atoms with Crippen LogP contribution in [0.5, 0.6) is 0 Å². The molecule has 110 valence electrons. The molecule has 0 atom stereocenters. The van der Waals surface area contributed by atoms with Crippen LogP contribution in [0.1, 0.15) is 11.4 Å². The molecule has 0 radical (unpaired) electrons. The zero-order chi connectivity index (χ0) is 14.8. The third-order valence-electron chi connectivity index (χ3n) is 2.58. The van der Waals surface area contributed by atoms with Crippen molar-refractivity contribution in [2.45, 2.75) is 25.4 Å². The van der Waals surface area contributed by atoms with Crippen LogP contribution in [0.3, 0.4) is 0 Å². The zero-order valence-corrected chi connectivity index (χ0v) is 11.8. The molecule has 0 amide bonds. The number of alkyl halides is 4. The van der Waals surface area contributed by atoms with E-state index >= 15 is 0 Å². The van der Waals surface area contributed by atoms with E-state index in [0.29, 0.717) is 10.2 Å². The lowest BCUT2D eigenvalue weighted by molar-refractivity contribution is -0.246. The van der Waals surface area contributed by atoms with E-state index in [-0.39, 0.29) is 6.61 Å². The van der Waals surface area contributed by atoms with Crippen molar-refractivity contribution in [1.82, 2.24) is 9.78 Å². The van der Waals surface area contributed by atoms with E-state index in [2.05, 4.69) is 25.8 Å². The Balaban J connectivity index is 2.62. The van der Waals surface area contributed by atoms with Crippen molar-refractivity contribution in [3.8, 4) is 0 Å². The summed E-state index contributed by atoms with van der Waals surface area (Å²) >= 11 is 3.20. The minimum absolute atomic E-state index is 0.334. The van der Waals surface area contributed by atoms with E-state index in [1.165, 1.54) is 4.68 Å². The monoisotopic (exact) mass is 348 g/mol. The first kappa shape index (κ1) is 16.4. The Labute approximate surface area is 115 Å². The first-order valence-corrected chi connectivity index (χ1v) is 6.04. The van der Waals surface area contributed by atoms with Crippen LogP contribution < -0.4 is 0 Å². The van der Waals surface area contributed by atoms with Crippen molar-refractivity contribution in [2.75, 3.05) is 13.2 Å². The Kier molecular flexibility index (Phi) is 4.97. The van der Waals surface area contributed by atoms with Crippen LogP contribution >= 0.6 is 15.9 Å². The number of aliphatic hydroxyl groups excluding tert-OH is 1. The van der Waals surface area contributed by atoms with Gasteiger partial charge in [0.1, 0.15) is 18.9 Å². The van der Waals surface area contributed by atoms with Gasteiger partial charge in [0.05, 0.1) is 11.1 Å². The Morgan fingerprint density at radius 1 is 1.32 bits per heavy atom. The van der Waals surface area contributed by atoms with Gasteiger partial charge in [0.25, 0.3) is 0 Å². The van der Waals surface area contributed by atoms with Gasteiger partial charge in [-0.05, 0) is 22.9 Å². The summed E-state index contributed by atoms with van der Waals surface area (Å²) in [5.74, 6) is -8.94. The molecule has 0 aliphatic rings. The maximum atomic E-state index is 13.0. The highest BCUT2D eigenvalue weighted by molar-refractivity contribution is 9.10. The van der Waals surface area contributed by atoms with Gasteiger partial charge in [0, 0.05) is 12.7 Å². The van der Waals surface area contributed by atoms with Gasteiger partial charge in [-0.3, -0.25) is 4.68 Å². The molecule has 0 aliphatic carbocycles. The van der Waals surface area contributed by atoms with Crippen LogP contribution in [0, 0.1) is 6.92 Å². The van der Waals surface area contributed by atoms with Crippen LogP contribution in [0.2, 0.25) is 0 Å². The van der Waals surface area contributed by atoms with Gasteiger partial charge in [-0.2, -0.15) is 22.7 Å². The van der Waals surface area contributed by atoms with Gasteiger partial charge in [-0.25, -0.2) is 0 Å². The van der Waals surface area contributed by atoms with Crippen molar-refractivity contribution in [3.05, 3.63) is 15.9 Å². The zero-order valence-electron chi connectivity index (χ0n) is 10.3. The van der Waals surface area contributed by atoms with Gasteiger partial charge in [-0.15, -0.1) is 0 Å². The minimum atomic E-state index is -4.51. The van der Waals surface area contributed by atoms with Crippen molar-refractivity contribution >= 4 is 15.9 Å². The summed E-state index contributed by atoms with van der Waals surface area (Å²) in [4.78, 5) is 0. The number of hydrogen-bond donors (Lipinski definition) is 1. The molecule has 0 spiro atoms. The molecule has 1 heterocycles. The third kappa shape index (κ3) is 3.46. The molecule has 0 fully saturated rings. The molecule has 1 rings (SSSR count). The van der Waals surface area contributed by atoms with E-state index in [9.17, 15) is 17.6 Å². The Hall–Kier alpha value is -0.670. The van der Waals surface area contributed by atoms with Crippen molar-refractivity contribution in [2.24, 2.45) is 7.05 Å². The van der Waals surface area contributed by atoms with Crippen LogP contribution in [-0.4, -0.2) is 39.9 Å². The smallest absolute Gasteiger partial charge is 0.335 e. The van der Waals surface area contributed by atoms with Gasteiger partial charge in [0.15, 0.2) is 0 Å². The Morgan fingerprint density at radius 3 is 2.32 bits per heavy atom. The number of rotatable bonds is 6. The number of halogens is 5. The highest BCUT2D eigenvalue weighted by Crippen LogP contribution is 2.34. The summed E-state index contributed by atoms with van der Waals surface area (Å²) in [6, 6.07) is 0. The summed E-state index contributed by atoms with van der Waals surface area (Å²) in [5.41, 5.74) is 1.09. The number of nitrogens with zero attached hydrogens (tertiary/aromatic N) is 2. The molecule has 1 N–H and O–H groups in total. The van der Waals surface area contributed by atoms with E-state index < -0.39 is 25.1 Å². The third-order valence-corrected chi connectivity index (χ3v) is 3.61. The van der Waals surface area contributed by atoms with Gasteiger partial charge in [-0.1, -0.05) is 0 Å². The molecule has 0 aromatic carbocycles. The summed E-state index contributed by atoms with van der Waals surface area (Å²) < 4.78 is 58.1. The number of ether oxygens (including phenoxy) is 1. The van der Waals surface area contributed by atoms with Crippen LogP contribution in [-0.2, 0) is 18.4 Å². The molecule has 1 aromatic heterocycles. The van der Waals surface area contributed by atoms with Crippen LogP contribution in [0.25, 0.3) is 0 Å². The average Bonchev–Trinajstić information content (AvgIpc) is 2.56. The topological polar surface area (TPSA) is 47.3 Å². The molecular formula is C10H13BrF4N2O2. The number of hydrogen-bond acceptors (Lipinski definition) is 3. The van der Waals surface area contributed by atoms with Gasteiger partial charge >= 0.3 is 11.8 Å². The largest absolute Gasteiger partial charge is 0.390 e. The number of aromatic nitrogens is 2. The van der Waals surface area contributed by atoms with E-state index in [1.807, 2.05) is 0 Å². The maximum absolute atomic E-state index is 13.0. The predicted molar refractivity (Wildman–Crippen MR) is 62.3 cm³/mol. The second kappa shape index (κ2) is 5.76. The van der Waals surface area contributed by atoms with E-state index in [0.717, 1.165) is 5.69 Å². The normalized spacial score (nSPS) is 13.1. The molecule has 0 unspecified atom stereocenters. The van der Waals surface area contributed by atoms with Crippen molar-refractivity contribution in [1.29, 1.82) is 0 Å². The maximum Gasteiger partial charge on any atom is 0.335 e. The Bertz CT molecular complexity index is 451. The average molecular weight is 349 g/mol. The summed E-state index contributed by atoms with van der Waals surface area (Å²) in [5, 5.41) is 12.2. The number of aliphatic hydroxyl groups is 1. The molecule has 19 heavy (non-hydrogen) atoms. The predicted octanol–water partition coefficient (Wildman–Crippen LogP) is 2.27. The lowest BCUT2D eigenvalue weighted by Gasteiger charge is -2.24.